The zero-order valence-electron chi connectivity index (χ0n) is 14.4. The Morgan fingerprint density at radius 1 is 1.07 bits per heavy atom. The summed E-state index contributed by atoms with van der Waals surface area (Å²) in [6.45, 7) is 1.44. The van der Waals surface area contributed by atoms with Crippen molar-refractivity contribution >= 4 is 23.2 Å². The molecule has 6 nitrogen and oxygen atoms in total. The number of ether oxygens (including phenoxy) is 3. The molecule has 0 unspecified atom stereocenters. The molecule has 0 saturated heterocycles. The van der Waals surface area contributed by atoms with E-state index in [1.54, 1.807) is 18.2 Å². The van der Waals surface area contributed by atoms with Crippen LogP contribution in [-0.4, -0.2) is 28.4 Å². The SMILES string of the molecule is Clc1ccc(OCCCc2cn(Cc3ccc4c(c3)OCO4)nn2)c(Cl)c1. The molecule has 2 aromatic carbocycles. The minimum atomic E-state index is 0.273. The number of halogens is 2. The van der Waals surface area contributed by atoms with Gasteiger partial charge < -0.3 is 14.2 Å². The molecule has 0 fully saturated rings. The highest BCUT2D eigenvalue weighted by Gasteiger charge is 2.13. The van der Waals surface area contributed by atoms with Crippen LogP contribution in [0.4, 0.5) is 0 Å². The summed E-state index contributed by atoms with van der Waals surface area (Å²) in [5, 5.41) is 9.50. The molecule has 0 aliphatic carbocycles. The van der Waals surface area contributed by atoms with Crippen molar-refractivity contribution < 1.29 is 14.2 Å². The molecule has 0 bridgehead atoms. The van der Waals surface area contributed by atoms with Gasteiger partial charge in [-0.05, 0) is 48.7 Å². The first-order chi connectivity index (χ1) is 13.2. The van der Waals surface area contributed by atoms with Crippen molar-refractivity contribution in [3.63, 3.8) is 0 Å². The summed E-state index contributed by atoms with van der Waals surface area (Å²) in [6, 6.07) is 11.1. The largest absolute Gasteiger partial charge is 0.492 e. The maximum atomic E-state index is 6.09. The highest BCUT2D eigenvalue weighted by Crippen LogP contribution is 2.32. The number of aryl methyl sites for hydroxylation is 1. The lowest BCUT2D eigenvalue weighted by Gasteiger charge is -2.07. The average Bonchev–Trinajstić information content (AvgIpc) is 3.29. The quantitative estimate of drug-likeness (QED) is 0.546. The summed E-state index contributed by atoms with van der Waals surface area (Å²) in [7, 11) is 0. The van der Waals surface area contributed by atoms with Crippen LogP contribution in [0.5, 0.6) is 17.2 Å². The molecule has 2 heterocycles. The number of aromatic nitrogens is 3. The standard InChI is InChI=1S/C19H17Cl2N3O3/c20-14-4-6-17(16(21)9-14)25-7-1-2-15-11-24(23-22-15)10-13-3-5-18-19(8-13)27-12-26-18/h3-6,8-9,11H,1-2,7,10,12H2. The number of hydrogen-bond donors (Lipinski definition) is 0. The van der Waals surface area contributed by atoms with E-state index in [-0.39, 0.29) is 6.79 Å². The number of hydrogen-bond acceptors (Lipinski definition) is 5. The van der Waals surface area contributed by atoms with Crippen LogP contribution in [0, 0.1) is 0 Å². The molecule has 3 aromatic rings. The Bertz CT molecular complexity index is 946. The van der Waals surface area contributed by atoms with Crippen LogP contribution in [-0.2, 0) is 13.0 Å². The fourth-order valence-corrected chi connectivity index (χ4v) is 3.25. The second-order valence-electron chi connectivity index (χ2n) is 6.12. The Kier molecular flexibility index (Phi) is 5.36. The average molecular weight is 406 g/mol. The Morgan fingerprint density at radius 3 is 2.85 bits per heavy atom. The lowest BCUT2D eigenvalue weighted by molar-refractivity contribution is 0.174. The summed E-state index contributed by atoms with van der Waals surface area (Å²) in [6.07, 6.45) is 3.52. The monoisotopic (exact) mass is 405 g/mol. The van der Waals surface area contributed by atoms with Crippen molar-refractivity contribution in [2.24, 2.45) is 0 Å². The topological polar surface area (TPSA) is 58.4 Å². The molecule has 1 aliphatic rings. The smallest absolute Gasteiger partial charge is 0.231 e. The lowest BCUT2D eigenvalue weighted by atomic mass is 10.2. The van der Waals surface area contributed by atoms with E-state index in [1.165, 1.54) is 0 Å². The van der Waals surface area contributed by atoms with Crippen molar-refractivity contribution in [1.82, 2.24) is 15.0 Å². The molecule has 0 saturated carbocycles. The Morgan fingerprint density at radius 2 is 1.96 bits per heavy atom. The molecule has 1 aromatic heterocycles. The van der Waals surface area contributed by atoms with Crippen LogP contribution in [0.2, 0.25) is 10.0 Å². The third kappa shape index (κ3) is 4.46. The summed E-state index contributed by atoms with van der Waals surface area (Å²) in [5.74, 6) is 2.18. The van der Waals surface area contributed by atoms with E-state index in [1.807, 2.05) is 29.1 Å². The first-order valence-corrected chi connectivity index (χ1v) is 9.28. The van der Waals surface area contributed by atoms with E-state index < -0.39 is 0 Å². The van der Waals surface area contributed by atoms with Gasteiger partial charge in [0.2, 0.25) is 6.79 Å². The number of nitrogens with zero attached hydrogens (tertiary/aromatic N) is 3. The van der Waals surface area contributed by atoms with Gasteiger partial charge in [-0.25, -0.2) is 4.68 Å². The predicted octanol–water partition coefficient (Wildman–Crippen LogP) is 4.37. The van der Waals surface area contributed by atoms with E-state index in [0.717, 1.165) is 35.6 Å². The molecule has 1 aliphatic heterocycles. The number of benzene rings is 2. The molecule has 140 valence electrons. The van der Waals surface area contributed by atoms with Gasteiger partial charge in [0, 0.05) is 11.2 Å². The summed E-state index contributed by atoms with van der Waals surface area (Å²) in [5.41, 5.74) is 2.00. The molecule has 4 rings (SSSR count). The molecular weight excluding hydrogens is 389 g/mol. The van der Waals surface area contributed by atoms with E-state index in [2.05, 4.69) is 10.3 Å². The number of fused-ring (bicyclic) bond motifs is 1. The van der Waals surface area contributed by atoms with Crippen molar-refractivity contribution in [3.05, 3.63) is 63.9 Å². The second-order valence-corrected chi connectivity index (χ2v) is 6.97. The molecule has 0 amide bonds. The summed E-state index contributed by atoms with van der Waals surface area (Å²) < 4.78 is 18.2. The summed E-state index contributed by atoms with van der Waals surface area (Å²) in [4.78, 5) is 0. The fourth-order valence-electron chi connectivity index (χ4n) is 2.78. The van der Waals surface area contributed by atoms with Crippen molar-refractivity contribution in [2.45, 2.75) is 19.4 Å². The van der Waals surface area contributed by atoms with Gasteiger partial charge in [0.1, 0.15) is 5.75 Å². The van der Waals surface area contributed by atoms with Crippen LogP contribution in [0.15, 0.2) is 42.6 Å². The van der Waals surface area contributed by atoms with Gasteiger partial charge in [-0.3, -0.25) is 0 Å². The Hall–Kier alpha value is -2.44. The van der Waals surface area contributed by atoms with Crippen molar-refractivity contribution in [1.29, 1.82) is 0 Å². The summed E-state index contributed by atoms with van der Waals surface area (Å²) >= 11 is 12.0. The maximum Gasteiger partial charge on any atom is 0.231 e. The van der Waals surface area contributed by atoms with E-state index in [0.29, 0.717) is 28.9 Å². The minimum absolute atomic E-state index is 0.273. The number of rotatable bonds is 7. The van der Waals surface area contributed by atoms with Gasteiger partial charge in [-0.2, -0.15) is 0 Å². The predicted molar refractivity (Wildman–Crippen MR) is 102 cm³/mol. The van der Waals surface area contributed by atoms with Gasteiger partial charge in [0.05, 0.1) is 23.9 Å². The zero-order chi connectivity index (χ0) is 18.6. The van der Waals surface area contributed by atoms with E-state index >= 15 is 0 Å². The van der Waals surface area contributed by atoms with Crippen LogP contribution in [0.1, 0.15) is 17.7 Å². The lowest BCUT2D eigenvalue weighted by Crippen LogP contribution is -2.00. The van der Waals surface area contributed by atoms with Crippen LogP contribution in [0.3, 0.4) is 0 Å². The van der Waals surface area contributed by atoms with Gasteiger partial charge in [0.15, 0.2) is 11.5 Å². The fraction of sp³-hybridized carbons (Fsp3) is 0.263. The second kappa shape index (κ2) is 8.06. The molecule has 0 spiro atoms. The highest BCUT2D eigenvalue weighted by molar-refractivity contribution is 6.35. The van der Waals surface area contributed by atoms with Gasteiger partial charge in [-0.1, -0.05) is 34.5 Å². The maximum absolute atomic E-state index is 6.09. The van der Waals surface area contributed by atoms with Crippen LogP contribution < -0.4 is 14.2 Å². The molecule has 0 atom stereocenters. The van der Waals surface area contributed by atoms with Crippen LogP contribution >= 0.6 is 23.2 Å². The molecule has 8 heteroatoms. The normalized spacial score (nSPS) is 12.4. The molecule has 0 radical (unpaired) electrons. The van der Waals surface area contributed by atoms with Crippen molar-refractivity contribution in [2.75, 3.05) is 13.4 Å². The molecule has 0 N–H and O–H groups in total. The van der Waals surface area contributed by atoms with Crippen molar-refractivity contribution in [3.8, 4) is 17.2 Å². The van der Waals surface area contributed by atoms with E-state index in [4.69, 9.17) is 37.4 Å². The van der Waals surface area contributed by atoms with Gasteiger partial charge >= 0.3 is 0 Å². The Labute approximate surface area is 166 Å². The van der Waals surface area contributed by atoms with Gasteiger partial charge in [0.25, 0.3) is 0 Å². The molecular formula is C19H17Cl2N3O3. The van der Waals surface area contributed by atoms with Crippen LogP contribution in [0.25, 0.3) is 0 Å². The minimum Gasteiger partial charge on any atom is -0.492 e. The first-order valence-electron chi connectivity index (χ1n) is 8.53. The first kappa shape index (κ1) is 17.9. The Balaban J connectivity index is 1.27. The molecule has 27 heavy (non-hydrogen) atoms. The third-order valence-corrected chi connectivity index (χ3v) is 4.63. The third-order valence-electron chi connectivity index (χ3n) is 4.10. The van der Waals surface area contributed by atoms with E-state index in [9.17, 15) is 0 Å². The highest BCUT2D eigenvalue weighted by atomic mass is 35.5. The zero-order valence-corrected chi connectivity index (χ0v) is 15.9. The van der Waals surface area contributed by atoms with Gasteiger partial charge in [-0.15, -0.1) is 5.10 Å².